The number of Topliss-reactive ketones (excluding diaryl/α,β-unsaturated/α-hetero) is 1. The first-order valence-electron chi connectivity index (χ1n) is 9.84. The highest BCUT2D eigenvalue weighted by molar-refractivity contribution is 7.99. The molecule has 0 aliphatic carbocycles. The van der Waals surface area contributed by atoms with E-state index in [0.29, 0.717) is 11.7 Å². The third-order valence-corrected chi connectivity index (χ3v) is 5.60. The Morgan fingerprint density at radius 2 is 1.76 bits per heavy atom. The van der Waals surface area contributed by atoms with Crippen LogP contribution in [0.4, 0.5) is 0 Å². The maximum absolute atomic E-state index is 12.6. The SMILES string of the molecule is CCc1ccc(C(=O)CSc2nnc(-c3ccc(OC)cc3)n2CC(C)C)cc1. The Morgan fingerprint density at radius 3 is 2.34 bits per heavy atom. The number of hydrogen-bond donors (Lipinski definition) is 0. The lowest BCUT2D eigenvalue weighted by Gasteiger charge is -2.12. The Morgan fingerprint density at radius 1 is 1.07 bits per heavy atom. The molecular formula is C23H27N3O2S. The van der Waals surface area contributed by atoms with Crippen molar-refractivity contribution in [2.24, 2.45) is 5.92 Å². The lowest BCUT2D eigenvalue weighted by atomic mass is 10.1. The summed E-state index contributed by atoms with van der Waals surface area (Å²) in [5.41, 5.74) is 2.95. The molecule has 0 atom stereocenters. The number of ether oxygens (including phenoxy) is 1. The second kappa shape index (κ2) is 9.74. The van der Waals surface area contributed by atoms with Crippen LogP contribution in [0.5, 0.6) is 5.75 Å². The van der Waals surface area contributed by atoms with Crippen molar-refractivity contribution >= 4 is 17.5 Å². The molecule has 0 saturated carbocycles. The molecule has 152 valence electrons. The van der Waals surface area contributed by atoms with E-state index >= 15 is 0 Å². The monoisotopic (exact) mass is 409 g/mol. The van der Waals surface area contributed by atoms with Gasteiger partial charge in [-0.1, -0.05) is 56.8 Å². The molecule has 1 aromatic heterocycles. The van der Waals surface area contributed by atoms with Crippen molar-refractivity contribution in [3.05, 3.63) is 59.7 Å². The molecule has 5 nitrogen and oxygen atoms in total. The minimum absolute atomic E-state index is 0.0998. The zero-order valence-corrected chi connectivity index (χ0v) is 18.2. The highest BCUT2D eigenvalue weighted by atomic mass is 32.2. The Balaban J connectivity index is 1.79. The van der Waals surface area contributed by atoms with E-state index in [2.05, 4.69) is 35.5 Å². The van der Waals surface area contributed by atoms with Crippen LogP contribution in [0, 0.1) is 5.92 Å². The molecule has 3 rings (SSSR count). The zero-order chi connectivity index (χ0) is 20.8. The van der Waals surface area contributed by atoms with E-state index in [1.165, 1.54) is 17.3 Å². The molecule has 0 radical (unpaired) electrons. The number of rotatable bonds is 9. The van der Waals surface area contributed by atoms with E-state index in [0.717, 1.165) is 40.8 Å². The molecule has 1 heterocycles. The van der Waals surface area contributed by atoms with Gasteiger partial charge in [-0.3, -0.25) is 4.79 Å². The molecule has 0 N–H and O–H groups in total. The smallest absolute Gasteiger partial charge is 0.191 e. The number of thioether (sulfide) groups is 1. The predicted molar refractivity (Wildman–Crippen MR) is 118 cm³/mol. The van der Waals surface area contributed by atoms with E-state index in [9.17, 15) is 4.79 Å². The van der Waals surface area contributed by atoms with Crippen LogP contribution in [0.25, 0.3) is 11.4 Å². The predicted octanol–water partition coefficient (Wildman–Crippen LogP) is 5.15. The minimum Gasteiger partial charge on any atom is -0.497 e. The summed E-state index contributed by atoms with van der Waals surface area (Å²) in [6.45, 7) is 7.21. The second-order valence-electron chi connectivity index (χ2n) is 7.30. The second-order valence-corrected chi connectivity index (χ2v) is 8.24. The van der Waals surface area contributed by atoms with Gasteiger partial charge in [-0.2, -0.15) is 0 Å². The van der Waals surface area contributed by atoms with Crippen LogP contribution in [0.15, 0.2) is 53.7 Å². The number of ketones is 1. The number of hydrogen-bond acceptors (Lipinski definition) is 5. The zero-order valence-electron chi connectivity index (χ0n) is 17.4. The van der Waals surface area contributed by atoms with Crippen molar-refractivity contribution in [3.63, 3.8) is 0 Å². The van der Waals surface area contributed by atoms with Gasteiger partial charge in [-0.15, -0.1) is 10.2 Å². The lowest BCUT2D eigenvalue weighted by molar-refractivity contribution is 0.102. The summed E-state index contributed by atoms with van der Waals surface area (Å²) >= 11 is 1.44. The van der Waals surface area contributed by atoms with Gasteiger partial charge in [0.1, 0.15) is 5.75 Å². The maximum Gasteiger partial charge on any atom is 0.191 e. The average molecular weight is 410 g/mol. The van der Waals surface area contributed by atoms with Crippen molar-refractivity contribution in [2.45, 2.75) is 38.9 Å². The van der Waals surface area contributed by atoms with Gasteiger partial charge in [0.25, 0.3) is 0 Å². The van der Waals surface area contributed by atoms with Crippen LogP contribution in [0.1, 0.15) is 36.7 Å². The largest absolute Gasteiger partial charge is 0.497 e. The summed E-state index contributed by atoms with van der Waals surface area (Å²) in [5, 5.41) is 9.55. The Hall–Kier alpha value is -2.60. The fourth-order valence-electron chi connectivity index (χ4n) is 3.02. The van der Waals surface area contributed by atoms with Crippen LogP contribution >= 0.6 is 11.8 Å². The molecule has 0 aliphatic rings. The number of carbonyl (C=O) groups is 1. The van der Waals surface area contributed by atoms with Crippen molar-refractivity contribution < 1.29 is 9.53 Å². The maximum atomic E-state index is 12.6. The number of carbonyl (C=O) groups excluding carboxylic acids is 1. The summed E-state index contributed by atoms with van der Waals surface area (Å²) < 4.78 is 7.34. The lowest BCUT2D eigenvalue weighted by Crippen LogP contribution is -2.09. The molecule has 3 aromatic rings. The summed E-state index contributed by atoms with van der Waals surface area (Å²) in [4.78, 5) is 12.6. The normalized spacial score (nSPS) is 11.1. The van der Waals surface area contributed by atoms with Crippen LogP contribution in [0.3, 0.4) is 0 Å². The van der Waals surface area contributed by atoms with Gasteiger partial charge in [0.15, 0.2) is 16.8 Å². The summed E-state index contributed by atoms with van der Waals surface area (Å²) in [5.74, 6) is 2.48. The molecule has 0 unspecified atom stereocenters. The summed E-state index contributed by atoms with van der Waals surface area (Å²) in [7, 11) is 1.65. The Kier molecular flexibility index (Phi) is 7.09. The van der Waals surface area contributed by atoms with Crippen molar-refractivity contribution in [3.8, 4) is 17.1 Å². The number of aromatic nitrogens is 3. The van der Waals surface area contributed by atoms with Gasteiger partial charge < -0.3 is 9.30 Å². The molecule has 29 heavy (non-hydrogen) atoms. The first kappa shape index (κ1) is 21.1. The van der Waals surface area contributed by atoms with Crippen molar-refractivity contribution in [2.75, 3.05) is 12.9 Å². The number of nitrogens with zero attached hydrogens (tertiary/aromatic N) is 3. The molecule has 0 aliphatic heterocycles. The van der Waals surface area contributed by atoms with Gasteiger partial charge in [0.05, 0.1) is 12.9 Å². The quantitative estimate of drug-likeness (QED) is 0.361. The van der Waals surface area contributed by atoms with Crippen molar-refractivity contribution in [1.29, 1.82) is 0 Å². The molecule has 0 amide bonds. The van der Waals surface area contributed by atoms with E-state index < -0.39 is 0 Å². The van der Waals surface area contributed by atoms with Crippen LogP contribution in [-0.2, 0) is 13.0 Å². The Labute approximate surface area is 176 Å². The fourth-order valence-corrected chi connectivity index (χ4v) is 3.86. The van der Waals surface area contributed by atoms with E-state index in [4.69, 9.17) is 4.74 Å². The fraction of sp³-hybridized carbons (Fsp3) is 0.348. The molecule has 0 fully saturated rings. The van der Waals surface area contributed by atoms with Gasteiger partial charge >= 0.3 is 0 Å². The van der Waals surface area contributed by atoms with Gasteiger partial charge in [-0.25, -0.2) is 0 Å². The highest BCUT2D eigenvalue weighted by Gasteiger charge is 2.17. The Bertz CT molecular complexity index is 947. The van der Waals surface area contributed by atoms with E-state index in [-0.39, 0.29) is 5.78 Å². The van der Waals surface area contributed by atoms with E-state index in [1.54, 1.807) is 7.11 Å². The van der Waals surface area contributed by atoms with Gasteiger partial charge in [0, 0.05) is 17.7 Å². The molecule has 6 heteroatoms. The molecule has 0 bridgehead atoms. The number of methoxy groups -OCH3 is 1. The number of benzene rings is 2. The standard InChI is InChI=1S/C23H27N3O2S/c1-5-17-6-8-18(9-7-17)21(27)15-29-23-25-24-22(26(23)14-16(2)3)19-10-12-20(28-4)13-11-19/h6-13,16H,5,14-15H2,1-4H3. The average Bonchev–Trinajstić information content (AvgIpc) is 3.13. The molecule has 0 saturated heterocycles. The molecule has 2 aromatic carbocycles. The van der Waals surface area contributed by atoms with Gasteiger partial charge in [0.2, 0.25) is 0 Å². The minimum atomic E-state index is 0.0998. The third-order valence-electron chi connectivity index (χ3n) is 4.63. The van der Waals surface area contributed by atoms with Gasteiger partial charge in [-0.05, 0) is 42.2 Å². The van der Waals surface area contributed by atoms with Crippen LogP contribution in [0.2, 0.25) is 0 Å². The summed E-state index contributed by atoms with van der Waals surface area (Å²) in [6.07, 6.45) is 0.968. The van der Waals surface area contributed by atoms with Crippen molar-refractivity contribution in [1.82, 2.24) is 14.8 Å². The first-order valence-corrected chi connectivity index (χ1v) is 10.8. The van der Waals surface area contributed by atoms with Crippen LogP contribution in [-0.4, -0.2) is 33.4 Å². The first-order chi connectivity index (χ1) is 14.0. The van der Waals surface area contributed by atoms with E-state index in [1.807, 2.05) is 48.5 Å². The summed E-state index contributed by atoms with van der Waals surface area (Å²) in [6, 6.07) is 15.6. The molecular weight excluding hydrogens is 382 g/mol. The number of aryl methyl sites for hydroxylation is 1. The molecule has 0 spiro atoms. The topological polar surface area (TPSA) is 57.0 Å². The highest BCUT2D eigenvalue weighted by Crippen LogP contribution is 2.27. The third kappa shape index (κ3) is 5.26. The van der Waals surface area contributed by atoms with Crippen LogP contribution < -0.4 is 4.74 Å².